The molecule has 0 saturated carbocycles. The molecule has 1 aromatic carbocycles. The van der Waals surface area contributed by atoms with E-state index in [4.69, 9.17) is 15.2 Å². The van der Waals surface area contributed by atoms with Crippen molar-refractivity contribution < 1.29 is 9.47 Å². The lowest BCUT2D eigenvalue weighted by molar-refractivity contribution is -0.149. The first-order chi connectivity index (χ1) is 7.69. The highest BCUT2D eigenvalue weighted by Crippen LogP contribution is 2.18. The Hall–Kier alpha value is -0.900. The van der Waals surface area contributed by atoms with Crippen molar-refractivity contribution in [3.8, 4) is 0 Å². The molecule has 0 aliphatic carbocycles. The quantitative estimate of drug-likeness (QED) is 0.753. The van der Waals surface area contributed by atoms with Crippen LogP contribution < -0.4 is 5.73 Å². The average Bonchev–Trinajstić information content (AvgIpc) is 2.28. The molecule has 0 radical (unpaired) electrons. The molecular formula is C13H21NO2. The van der Waals surface area contributed by atoms with Crippen molar-refractivity contribution in [1.29, 1.82) is 0 Å². The molecule has 0 aliphatic rings. The van der Waals surface area contributed by atoms with Crippen LogP contribution in [0.5, 0.6) is 0 Å². The molecular weight excluding hydrogens is 202 g/mol. The Morgan fingerprint density at radius 2 is 1.81 bits per heavy atom. The van der Waals surface area contributed by atoms with Gasteiger partial charge in [0.05, 0.1) is 6.04 Å². The third-order valence-electron chi connectivity index (χ3n) is 2.38. The molecule has 0 aromatic heterocycles. The summed E-state index contributed by atoms with van der Waals surface area (Å²) >= 11 is 0. The van der Waals surface area contributed by atoms with Gasteiger partial charge in [-0.3, -0.25) is 0 Å². The van der Waals surface area contributed by atoms with E-state index in [1.165, 1.54) is 5.56 Å². The van der Waals surface area contributed by atoms with E-state index in [-0.39, 0.29) is 12.3 Å². The molecule has 3 heteroatoms. The van der Waals surface area contributed by atoms with E-state index in [2.05, 4.69) is 6.07 Å². The number of aryl methyl sites for hydroxylation is 1. The van der Waals surface area contributed by atoms with Gasteiger partial charge in [-0.2, -0.15) is 0 Å². The van der Waals surface area contributed by atoms with Gasteiger partial charge in [-0.05, 0) is 26.3 Å². The summed E-state index contributed by atoms with van der Waals surface area (Å²) in [7, 11) is 0. The molecule has 0 amide bonds. The number of hydrogen-bond acceptors (Lipinski definition) is 3. The summed E-state index contributed by atoms with van der Waals surface area (Å²) in [4.78, 5) is 0. The Morgan fingerprint density at radius 1 is 1.19 bits per heavy atom. The number of ether oxygens (including phenoxy) is 2. The second-order valence-corrected chi connectivity index (χ2v) is 3.72. The second-order valence-electron chi connectivity index (χ2n) is 3.72. The largest absolute Gasteiger partial charge is 0.351 e. The molecule has 0 aliphatic heterocycles. The van der Waals surface area contributed by atoms with Gasteiger partial charge in [-0.1, -0.05) is 29.8 Å². The Morgan fingerprint density at radius 3 is 2.31 bits per heavy atom. The minimum atomic E-state index is -0.364. The normalized spacial score (nSPS) is 13.1. The molecule has 0 unspecified atom stereocenters. The molecule has 0 saturated heterocycles. The molecule has 1 rings (SSSR count). The van der Waals surface area contributed by atoms with Gasteiger partial charge in [0.15, 0.2) is 6.29 Å². The molecule has 1 aromatic rings. The van der Waals surface area contributed by atoms with E-state index >= 15 is 0 Å². The third kappa shape index (κ3) is 3.59. The van der Waals surface area contributed by atoms with Crippen LogP contribution in [0.4, 0.5) is 0 Å². The third-order valence-corrected chi connectivity index (χ3v) is 2.38. The zero-order valence-electron chi connectivity index (χ0n) is 10.3. The molecule has 0 fully saturated rings. The van der Waals surface area contributed by atoms with Crippen LogP contribution in [0.3, 0.4) is 0 Å². The lowest BCUT2D eigenvalue weighted by Gasteiger charge is -2.24. The highest BCUT2D eigenvalue weighted by molar-refractivity contribution is 5.25. The average molecular weight is 223 g/mol. The maximum absolute atomic E-state index is 6.13. The summed E-state index contributed by atoms with van der Waals surface area (Å²) in [5.74, 6) is 0. The van der Waals surface area contributed by atoms with Crippen LogP contribution in [0, 0.1) is 6.92 Å². The number of rotatable bonds is 6. The zero-order valence-corrected chi connectivity index (χ0v) is 10.3. The summed E-state index contributed by atoms with van der Waals surface area (Å²) in [6, 6.07) is 7.88. The van der Waals surface area contributed by atoms with Crippen LogP contribution >= 0.6 is 0 Å². The highest BCUT2D eigenvalue weighted by Gasteiger charge is 2.19. The van der Waals surface area contributed by atoms with Gasteiger partial charge in [0.2, 0.25) is 0 Å². The van der Waals surface area contributed by atoms with Gasteiger partial charge in [-0.15, -0.1) is 0 Å². The predicted molar refractivity (Wildman–Crippen MR) is 65.1 cm³/mol. The summed E-state index contributed by atoms with van der Waals surface area (Å²) < 4.78 is 11.0. The minimum absolute atomic E-state index is 0.236. The molecule has 0 spiro atoms. The fraction of sp³-hybridized carbons (Fsp3) is 0.538. The van der Waals surface area contributed by atoms with Gasteiger partial charge in [0, 0.05) is 13.2 Å². The van der Waals surface area contributed by atoms with E-state index in [1.54, 1.807) is 0 Å². The highest BCUT2D eigenvalue weighted by atomic mass is 16.7. The zero-order chi connectivity index (χ0) is 12.0. The molecule has 16 heavy (non-hydrogen) atoms. The maximum atomic E-state index is 6.13. The van der Waals surface area contributed by atoms with Crippen LogP contribution in [0.1, 0.15) is 31.0 Å². The summed E-state index contributed by atoms with van der Waals surface area (Å²) in [5.41, 5.74) is 8.37. The summed E-state index contributed by atoms with van der Waals surface area (Å²) in [6.07, 6.45) is -0.364. The topological polar surface area (TPSA) is 44.5 Å². The van der Waals surface area contributed by atoms with Crippen molar-refractivity contribution in [2.75, 3.05) is 13.2 Å². The van der Waals surface area contributed by atoms with E-state index in [1.807, 2.05) is 39.0 Å². The first kappa shape index (κ1) is 13.2. The van der Waals surface area contributed by atoms with Crippen molar-refractivity contribution >= 4 is 0 Å². The molecule has 90 valence electrons. The van der Waals surface area contributed by atoms with Crippen LogP contribution in [0.2, 0.25) is 0 Å². The summed E-state index contributed by atoms with van der Waals surface area (Å²) in [6.45, 7) is 7.13. The van der Waals surface area contributed by atoms with Crippen molar-refractivity contribution in [2.24, 2.45) is 5.73 Å². The van der Waals surface area contributed by atoms with Crippen LogP contribution in [0.25, 0.3) is 0 Å². The Balaban J connectivity index is 2.76. The fourth-order valence-electron chi connectivity index (χ4n) is 1.62. The van der Waals surface area contributed by atoms with E-state index < -0.39 is 0 Å². The fourth-order valence-corrected chi connectivity index (χ4v) is 1.62. The lowest BCUT2D eigenvalue weighted by Crippen LogP contribution is -2.31. The van der Waals surface area contributed by atoms with Crippen molar-refractivity contribution in [3.63, 3.8) is 0 Å². The van der Waals surface area contributed by atoms with Crippen molar-refractivity contribution in [1.82, 2.24) is 0 Å². The molecule has 0 heterocycles. The van der Waals surface area contributed by atoms with Gasteiger partial charge in [0.1, 0.15) is 0 Å². The van der Waals surface area contributed by atoms with Gasteiger partial charge < -0.3 is 15.2 Å². The van der Waals surface area contributed by atoms with Crippen molar-refractivity contribution in [2.45, 2.75) is 33.1 Å². The van der Waals surface area contributed by atoms with Crippen LogP contribution in [-0.4, -0.2) is 19.5 Å². The first-order valence-corrected chi connectivity index (χ1v) is 5.74. The maximum Gasteiger partial charge on any atom is 0.176 e. The van der Waals surface area contributed by atoms with Gasteiger partial charge in [0.25, 0.3) is 0 Å². The standard InChI is InChI=1S/C13H21NO2/c1-4-15-13(16-5-2)12(14)11-8-6-7-10(3)9-11/h6-9,12-13H,4-5,14H2,1-3H3/t12-/m0/s1. The SMILES string of the molecule is CCOC(OCC)[C@@H](N)c1cccc(C)c1. The summed E-state index contributed by atoms with van der Waals surface area (Å²) in [5, 5.41) is 0. The van der Waals surface area contributed by atoms with Crippen LogP contribution in [-0.2, 0) is 9.47 Å². The van der Waals surface area contributed by atoms with E-state index in [9.17, 15) is 0 Å². The molecule has 3 nitrogen and oxygen atoms in total. The molecule has 2 N–H and O–H groups in total. The van der Waals surface area contributed by atoms with Crippen molar-refractivity contribution in [3.05, 3.63) is 35.4 Å². The number of benzene rings is 1. The van der Waals surface area contributed by atoms with Crippen LogP contribution in [0.15, 0.2) is 24.3 Å². The predicted octanol–water partition coefficient (Wildman–Crippen LogP) is 2.39. The first-order valence-electron chi connectivity index (χ1n) is 5.74. The Bertz CT molecular complexity index is 309. The Labute approximate surface area is 97.6 Å². The monoisotopic (exact) mass is 223 g/mol. The van der Waals surface area contributed by atoms with Gasteiger partial charge >= 0.3 is 0 Å². The van der Waals surface area contributed by atoms with E-state index in [0.717, 1.165) is 5.56 Å². The van der Waals surface area contributed by atoms with E-state index in [0.29, 0.717) is 13.2 Å². The minimum Gasteiger partial charge on any atom is -0.351 e. The number of nitrogens with two attached hydrogens (primary N) is 1. The smallest absolute Gasteiger partial charge is 0.176 e. The van der Waals surface area contributed by atoms with Gasteiger partial charge in [-0.25, -0.2) is 0 Å². The Kier molecular flexibility index (Phi) is 5.46. The number of hydrogen-bond donors (Lipinski definition) is 1. The second kappa shape index (κ2) is 6.63. The molecule has 0 bridgehead atoms. The molecule has 1 atom stereocenters. The lowest BCUT2D eigenvalue weighted by atomic mass is 10.0.